The van der Waals surface area contributed by atoms with Crippen LogP contribution in [0.15, 0.2) is 24.3 Å². The van der Waals surface area contributed by atoms with Crippen molar-refractivity contribution >= 4 is 14.3 Å². The lowest BCUT2D eigenvalue weighted by Crippen LogP contribution is -2.45. The summed E-state index contributed by atoms with van der Waals surface area (Å²) in [6.07, 6.45) is -0.207. The van der Waals surface area contributed by atoms with Crippen LogP contribution >= 0.6 is 0 Å². The van der Waals surface area contributed by atoms with E-state index in [1.165, 1.54) is 0 Å². The van der Waals surface area contributed by atoms with E-state index >= 15 is 0 Å². The number of carbonyl (C=O) groups is 1. The van der Waals surface area contributed by atoms with E-state index in [0.29, 0.717) is 6.61 Å². The van der Waals surface area contributed by atoms with Gasteiger partial charge in [-0.25, -0.2) is 0 Å². The fourth-order valence-corrected chi connectivity index (χ4v) is 3.64. The molecule has 22 heavy (non-hydrogen) atoms. The Bertz CT molecular complexity index is 531. The maximum Gasteiger partial charge on any atom is 0.316 e. The van der Waals surface area contributed by atoms with Gasteiger partial charge in [0.2, 0.25) is 0 Å². The summed E-state index contributed by atoms with van der Waals surface area (Å²) in [5.74, 6) is 0.228. The van der Waals surface area contributed by atoms with Gasteiger partial charge in [0.1, 0.15) is 18.3 Å². The van der Waals surface area contributed by atoms with Gasteiger partial charge >= 0.3 is 5.97 Å². The van der Waals surface area contributed by atoms with E-state index in [9.17, 15) is 4.79 Å². The molecule has 2 atom stereocenters. The Morgan fingerprint density at radius 3 is 2.27 bits per heavy atom. The molecule has 0 aliphatic carbocycles. The van der Waals surface area contributed by atoms with Gasteiger partial charge in [-0.3, -0.25) is 4.79 Å². The van der Waals surface area contributed by atoms with Gasteiger partial charge in [0.25, 0.3) is 0 Å². The lowest BCUT2D eigenvalue weighted by Gasteiger charge is -2.38. The van der Waals surface area contributed by atoms with Crippen molar-refractivity contribution in [2.24, 2.45) is 0 Å². The van der Waals surface area contributed by atoms with E-state index in [1.807, 2.05) is 24.3 Å². The number of ether oxygens (including phenoxy) is 2. The van der Waals surface area contributed by atoms with Gasteiger partial charge in [-0.05, 0) is 35.8 Å². The van der Waals surface area contributed by atoms with Crippen LogP contribution in [0.3, 0.4) is 0 Å². The molecule has 0 unspecified atom stereocenters. The maximum absolute atomic E-state index is 12.2. The molecule has 1 fully saturated rings. The summed E-state index contributed by atoms with van der Waals surface area (Å²) in [5, 5.41) is 0.100. The lowest BCUT2D eigenvalue weighted by atomic mass is 9.96. The molecule has 0 N–H and O–H groups in total. The molecule has 4 nitrogen and oxygen atoms in total. The van der Waals surface area contributed by atoms with Crippen LogP contribution in [0.2, 0.25) is 18.1 Å². The van der Waals surface area contributed by atoms with Gasteiger partial charge in [0.05, 0.1) is 13.2 Å². The predicted octanol–water partition coefficient (Wildman–Crippen LogP) is 3.73. The van der Waals surface area contributed by atoms with Gasteiger partial charge in [-0.2, -0.15) is 0 Å². The van der Waals surface area contributed by atoms with E-state index < -0.39 is 8.32 Å². The third kappa shape index (κ3) is 3.36. The molecular formula is C17H26O4Si. The van der Waals surface area contributed by atoms with Crippen LogP contribution in [0.25, 0.3) is 0 Å². The molecule has 0 saturated carbocycles. The molecule has 122 valence electrons. The van der Waals surface area contributed by atoms with Crippen LogP contribution in [0.5, 0.6) is 5.75 Å². The van der Waals surface area contributed by atoms with Crippen LogP contribution in [0.4, 0.5) is 0 Å². The monoisotopic (exact) mass is 322 g/mol. The van der Waals surface area contributed by atoms with Crippen LogP contribution < -0.4 is 4.74 Å². The average molecular weight is 322 g/mol. The topological polar surface area (TPSA) is 44.8 Å². The van der Waals surface area contributed by atoms with Gasteiger partial charge < -0.3 is 13.9 Å². The number of benzene rings is 1. The Hall–Kier alpha value is -1.33. The van der Waals surface area contributed by atoms with Crippen molar-refractivity contribution in [3.63, 3.8) is 0 Å². The van der Waals surface area contributed by atoms with Crippen molar-refractivity contribution in [2.75, 3.05) is 13.7 Å². The average Bonchev–Trinajstić information content (AvgIpc) is 2.78. The first-order chi connectivity index (χ1) is 10.2. The number of rotatable bonds is 4. The summed E-state index contributed by atoms with van der Waals surface area (Å²) in [5.41, 5.74) is 0.923. The number of cyclic esters (lactones) is 1. The van der Waals surface area contributed by atoms with Crippen molar-refractivity contribution in [3.8, 4) is 5.75 Å². The first-order valence-corrected chi connectivity index (χ1v) is 10.5. The largest absolute Gasteiger partial charge is 0.497 e. The zero-order valence-electron chi connectivity index (χ0n) is 14.3. The number of esters is 1. The molecule has 0 radical (unpaired) electrons. The molecule has 1 heterocycles. The summed E-state index contributed by atoms with van der Waals surface area (Å²) >= 11 is 0. The molecule has 0 spiro atoms. The molecule has 1 aromatic carbocycles. The highest BCUT2D eigenvalue weighted by Crippen LogP contribution is 2.40. The number of methoxy groups -OCH3 is 1. The van der Waals surface area contributed by atoms with E-state index in [0.717, 1.165) is 11.3 Å². The second-order valence-corrected chi connectivity index (χ2v) is 12.1. The Labute approximate surface area is 133 Å². The minimum absolute atomic E-state index is 0.100. The van der Waals surface area contributed by atoms with E-state index in [1.54, 1.807) is 7.11 Å². The van der Waals surface area contributed by atoms with E-state index in [-0.39, 0.29) is 23.0 Å². The predicted molar refractivity (Wildman–Crippen MR) is 88.8 cm³/mol. The third-order valence-electron chi connectivity index (χ3n) is 4.74. The highest BCUT2D eigenvalue weighted by Gasteiger charge is 2.46. The molecule has 1 aromatic rings. The van der Waals surface area contributed by atoms with Crippen molar-refractivity contribution in [1.82, 2.24) is 0 Å². The standard InChI is InChI=1S/C17H26O4Si/c1-17(2,3)22(5,6)21-14-11-20-16(18)15(14)12-7-9-13(19-4)10-8-12/h7-10,14-15H,11H2,1-6H3/t14-,15+/m1/s1. The molecule has 1 saturated heterocycles. The smallest absolute Gasteiger partial charge is 0.316 e. The van der Waals surface area contributed by atoms with Gasteiger partial charge in [0, 0.05) is 0 Å². The molecule has 2 rings (SSSR count). The molecular weight excluding hydrogens is 296 g/mol. The zero-order chi connectivity index (χ0) is 16.5. The summed E-state index contributed by atoms with van der Waals surface area (Å²) in [4.78, 5) is 12.2. The quantitative estimate of drug-likeness (QED) is 0.626. The summed E-state index contributed by atoms with van der Waals surface area (Å²) < 4.78 is 16.9. The summed E-state index contributed by atoms with van der Waals surface area (Å²) in [6.45, 7) is 11.3. The van der Waals surface area contributed by atoms with Crippen LogP contribution in [0, 0.1) is 0 Å². The highest BCUT2D eigenvalue weighted by atomic mass is 28.4. The third-order valence-corrected chi connectivity index (χ3v) is 9.25. The maximum atomic E-state index is 12.2. The van der Waals surface area contributed by atoms with Crippen LogP contribution in [-0.2, 0) is 14.0 Å². The summed E-state index contributed by atoms with van der Waals surface area (Å²) in [7, 11) is -0.322. The summed E-state index contributed by atoms with van der Waals surface area (Å²) in [6, 6.07) is 7.56. The fourth-order valence-electron chi connectivity index (χ4n) is 2.32. The normalized spacial score (nSPS) is 22.5. The van der Waals surface area contributed by atoms with Gasteiger partial charge in [-0.1, -0.05) is 32.9 Å². The molecule has 0 aromatic heterocycles. The molecule has 0 bridgehead atoms. The van der Waals surface area contributed by atoms with Crippen molar-refractivity contribution in [2.45, 2.75) is 50.9 Å². The first-order valence-electron chi connectivity index (χ1n) is 7.64. The minimum Gasteiger partial charge on any atom is -0.497 e. The number of carbonyl (C=O) groups excluding carboxylic acids is 1. The zero-order valence-corrected chi connectivity index (χ0v) is 15.3. The second-order valence-electron chi connectivity index (χ2n) is 7.30. The van der Waals surface area contributed by atoms with Crippen molar-refractivity contribution in [3.05, 3.63) is 29.8 Å². The minimum atomic E-state index is -1.95. The van der Waals surface area contributed by atoms with Crippen LogP contribution in [-0.4, -0.2) is 34.1 Å². The SMILES string of the molecule is COc1ccc([C@@H]2C(=O)OC[C@H]2O[Si](C)(C)C(C)(C)C)cc1. The number of hydrogen-bond acceptors (Lipinski definition) is 4. The van der Waals surface area contributed by atoms with Crippen LogP contribution in [0.1, 0.15) is 32.3 Å². The van der Waals surface area contributed by atoms with E-state index in [4.69, 9.17) is 13.9 Å². The van der Waals surface area contributed by atoms with Gasteiger partial charge in [-0.15, -0.1) is 0 Å². The van der Waals surface area contributed by atoms with Crippen molar-refractivity contribution in [1.29, 1.82) is 0 Å². The van der Waals surface area contributed by atoms with E-state index in [2.05, 4.69) is 33.9 Å². The fraction of sp³-hybridized carbons (Fsp3) is 0.588. The Balaban J connectivity index is 2.22. The second kappa shape index (κ2) is 6.05. The van der Waals surface area contributed by atoms with Gasteiger partial charge in [0.15, 0.2) is 8.32 Å². The Kier molecular flexibility index (Phi) is 4.68. The molecule has 1 aliphatic heterocycles. The Morgan fingerprint density at radius 2 is 1.77 bits per heavy atom. The Morgan fingerprint density at radius 1 is 1.18 bits per heavy atom. The molecule has 1 aliphatic rings. The lowest BCUT2D eigenvalue weighted by molar-refractivity contribution is -0.139. The number of hydrogen-bond donors (Lipinski definition) is 0. The molecule has 5 heteroatoms. The van der Waals surface area contributed by atoms with Crippen molar-refractivity contribution < 1.29 is 18.7 Å². The first kappa shape index (κ1) is 17.0. The highest BCUT2D eigenvalue weighted by molar-refractivity contribution is 6.74. The molecule has 0 amide bonds.